The van der Waals surface area contributed by atoms with Gasteiger partial charge in [-0.3, -0.25) is 4.79 Å². The number of nitrogens with zero attached hydrogens (tertiary/aromatic N) is 2. The lowest BCUT2D eigenvalue weighted by molar-refractivity contribution is 0.0777. The van der Waals surface area contributed by atoms with Crippen LogP contribution in [0.4, 0.5) is 0 Å². The van der Waals surface area contributed by atoms with Crippen LogP contribution >= 0.6 is 11.3 Å². The number of aromatic nitrogens is 1. The Hall–Kier alpha value is -2.14. The third-order valence-electron chi connectivity index (χ3n) is 3.67. The minimum absolute atomic E-state index is 0.0657. The molecule has 3 rings (SSSR count). The second kappa shape index (κ2) is 5.69. The van der Waals surface area contributed by atoms with Crippen LogP contribution in [0, 0.1) is 6.92 Å². The molecular formula is C16H16N2O2S. The zero-order valence-corrected chi connectivity index (χ0v) is 12.6. The highest BCUT2D eigenvalue weighted by Gasteiger charge is 2.21. The van der Waals surface area contributed by atoms with Crippen LogP contribution < -0.4 is 0 Å². The van der Waals surface area contributed by atoms with Crippen LogP contribution in [0.25, 0.3) is 5.57 Å². The van der Waals surface area contributed by atoms with Crippen molar-refractivity contribution in [2.45, 2.75) is 13.3 Å². The molecule has 2 heterocycles. The number of hydrogen-bond donors (Lipinski definition) is 1. The van der Waals surface area contributed by atoms with Crippen LogP contribution in [0.15, 0.2) is 35.9 Å². The standard InChI is InChI=1S/C16H16N2O2S/c1-11-15(21-10-17-11)16(20)18-8-6-13(7-9-18)12-2-4-14(19)5-3-12/h2-6,10,19H,7-9H2,1H3. The van der Waals surface area contributed by atoms with Gasteiger partial charge in [-0.15, -0.1) is 11.3 Å². The normalized spacial score (nSPS) is 14.9. The van der Waals surface area contributed by atoms with Crippen molar-refractivity contribution in [3.05, 3.63) is 52.0 Å². The summed E-state index contributed by atoms with van der Waals surface area (Å²) in [5.74, 6) is 0.337. The third kappa shape index (κ3) is 2.83. The van der Waals surface area contributed by atoms with Gasteiger partial charge < -0.3 is 10.0 Å². The number of phenols is 1. The fourth-order valence-electron chi connectivity index (χ4n) is 2.44. The van der Waals surface area contributed by atoms with Crippen molar-refractivity contribution in [2.75, 3.05) is 13.1 Å². The van der Waals surface area contributed by atoms with Crippen molar-refractivity contribution in [3.8, 4) is 5.75 Å². The van der Waals surface area contributed by atoms with Gasteiger partial charge in [-0.1, -0.05) is 18.2 Å². The first-order valence-electron chi connectivity index (χ1n) is 6.83. The highest BCUT2D eigenvalue weighted by atomic mass is 32.1. The van der Waals surface area contributed by atoms with Gasteiger partial charge in [0.15, 0.2) is 0 Å². The van der Waals surface area contributed by atoms with Gasteiger partial charge in [0, 0.05) is 13.1 Å². The van der Waals surface area contributed by atoms with E-state index in [4.69, 9.17) is 0 Å². The quantitative estimate of drug-likeness (QED) is 0.927. The maximum absolute atomic E-state index is 12.4. The first-order chi connectivity index (χ1) is 10.1. The molecule has 21 heavy (non-hydrogen) atoms. The molecule has 1 aromatic heterocycles. The monoisotopic (exact) mass is 300 g/mol. The van der Waals surface area contributed by atoms with E-state index in [1.165, 1.54) is 16.9 Å². The van der Waals surface area contributed by atoms with E-state index >= 15 is 0 Å². The van der Waals surface area contributed by atoms with E-state index in [0.29, 0.717) is 13.1 Å². The Morgan fingerprint density at radius 3 is 2.67 bits per heavy atom. The summed E-state index contributed by atoms with van der Waals surface area (Å²) in [5.41, 5.74) is 4.84. The molecule has 4 nitrogen and oxygen atoms in total. The minimum Gasteiger partial charge on any atom is -0.508 e. The first kappa shape index (κ1) is 13.8. The van der Waals surface area contributed by atoms with Crippen LogP contribution in [-0.2, 0) is 0 Å². The van der Waals surface area contributed by atoms with Crippen LogP contribution in [0.2, 0.25) is 0 Å². The van der Waals surface area contributed by atoms with Crippen molar-refractivity contribution in [3.63, 3.8) is 0 Å². The predicted octanol–water partition coefficient (Wildman–Crippen LogP) is 3.09. The zero-order valence-electron chi connectivity index (χ0n) is 11.7. The Labute approximate surface area is 127 Å². The van der Waals surface area contributed by atoms with Crippen molar-refractivity contribution >= 4 is 22.8 Å². The molecule has 1 aromatic carbocycles. The van der Waals surface area contributed by atoms with Gasteiger partial charge >= 0.3 is 0 Å². The van der Waals surface area contributed by atoms with Gasteiger partial charge in [-0.05, 0) is 36.6 Å². The van der Waals surface area contributed by atoms with Crippen LogP contribution in [0.3, 0.4) is 0 Å². The SMILES string of the molecule is Cc1ncsc1C(=O)N1CC=C(c2ccc(O)cc2)CC1. The number of aryl methyl sites for hydroxylation is 1. The van der Waals surface area contributed by atoms with E-state index < -0.39 is 0 Å². The lowest BCUT2D eigenvalue weighted by Gasteiger charge is -2.26. The number of carbonyl (C=O) groups is 1. The second-order valence-corrected chi connectivity index (χ2v) is 5.90. The predicted molar refractivity (Wildman–Crippen MR) is 83.5 cm³/mol. The summed E-state index contributed by atoms with van der Waals surface area (Å²) in [6.45, 7) is 3.20. The molecule has 1 aliphatic heterocycles. The maximum Gasteiger partial charge on any atom is 0.266 e. The highest BCUT2D eigenvalue weighted by molar-refractivity contribution is 7.11. The van der Waals surface area contributed by atoms with Gasteiger partial charge in [0.05, 0.1) is 11.2 Å². The number of carbonyl (C=O) groups excluding carboxylic acids is 1. The lowest BCUT2D eigenvalue weighted by Crippen LogP contribution is -2.34. The van der Waals surface area contributed by atoms with E-state index in [9.17, 15) is 9.90 Å². The summed E-state index contributed by atoms with van der Waals surface area (Å²) in [7, 11) is 0. The van der Waals surface area contributed by atoms with E-state index in [0.717, 1.165) is 22.6 Å². The number of rotatable bonds is 2. The molecule has 0 unspecified atom stereocenters. The van der Waals surface area contributed by atoms with E-state index in [1.54, 1.807) is 17.6 Å². The van der Waals surface area contributed by atoms with Crippen LogP contribution in [-0.4, -0.2) is 34.0 Å². The average Bonchev–Trinajstić information content (AvgIpc) is 2.94. The molecule has 108 valence electrons. The summed E-state index contributed by atoms with van der Waals surface area (Å²) in [6, 6.07) is 7.20. The van der Waals surface area contributed by atoms with E-state index in [-0.39, 0.29) is 11.7 Å². The maximum atomic E-state index is 12.4. The van der Waals surface area contributed by atoms with Crippen molar-refractivity contribution in [2.24, 2.45) is 0 Å². The highest BCUT2D eigenvalue weighted by Crippen LogP contribution is 2.25. The Bertz CT molecular complexity index is 689. The molecule has 1 N–H and O–H groups in total. The molecule has 0 radical (unpaired) electrons. The van der Waals surface area contributed by atoms with E-state index in [1.807, 2.05) is 24.0 Å². The summed E-state index contributed by atoms with van der Waals surface area (Å²) in [6.07, 6.45) is 2.92. The minimum atomic E-state index is 0.0657. The van der Waals surface area contributed by atoms with Gasteiger partial charge in [0.1, 0.15) is 10.6 Å². The summed E-state index contributed by atoms with van der Waals surface area (Å²) >= 11 is 1.40. The van der Waals surface area contributed by atoms with E-state index in [2.05, 4.69) is 11.1 Å². The zero-order chi connectivity index (χ0) is 14.8. The fourth-order valence-corrected chi connectivity index (χ4v) is 3.21. The summed E-state index contributed by atoms with van der Waals surface area (Å²) < 4.78 is 0. The summed E-state index contributed by atoms with van der Waals surface area (Å²) in [4.78, 5) is 19.1. The Morgan fingerprint density at radius 2 is 2.10 bits per heavy atom. The van der Waals surface area contributed by atoms with Gasteiger partial charge in [0.2, 0.25) is 0 Å². The molecule has 0 saturated heterocycles. The Kier molecular flexibility index (Phi) is 3.75. The molecule has 0 aliphatic carbocycles. The van der Waals surface area contributed by atoms with Gasteiger partial charge in [-0.2, -0.15) is 0 Å². The lowest BCUT2D eigenvalue weighted by atomic mass is 9.99. The van der Waals surface area contributed by atoms with Gasteiger partial charge in [-0.25, -0.2) is 4.98 Å². The number of hydrogen-bond acceptors (Lipinski definition) is 4. The summed E-state index contributed by atoms with van der Waals surface area (Å²) in [5, 5.41) is 9.32. The number of amides is 1. The molecule has 5 heteroatoms. The molecule has 1 aliphatic rings. The largest absolute Gasteiger partial charge is 0.508 e. The van der Waals surface area contributed by atoms with Gasteiger partial charge in [0.25, 0.3) is 5.91 Å². The Morgan fingerprint density at radius 1 is 1.33 bits per heavy atom. The third-order valence-corrected chi connectivity index (χ3v) is 4.59. The first-order valence-corrected chi connectivity index (χ1v) is 7.71. The molecule has 0 atom stereocenters. The smallest absolute Gasteiger partial charge is 0.266 e. The molecule has 0 fully saturated rings. The average molecular weight is 300 g/mol. The van der Waals surface area contributed by atoms with Crippen LogP contribution in [0.5, 0.6) is 5.75 Å². The molecule has 2 aromatic rings. The number of aromatic hydroxyl groups is 1. The topological polar surface area (TPSA) is 53.4 Å². The Balaban J connectivity index is 1.73. The molecule has 0 bridgehead atoms. The molecule has 0 spiro atoms. The number of phenolic OH excluding ortho intramolecular Hbond substituents is 1. The van der Waals surface area contributed by atoms with Crippen molar-refractivity contribution in [1.82, 2.24) is 9.88 Å². The van der Waals surface area contributed by atoms with Crippen LogP contribution in [0.1, 0.15) is 27.3 Å². The second-order valence-electron chi connectivity index (χ2n) is 5.04. The molecule has 0 saturated carbocycles. The fraction of sp³-hybridized carbons (Fsp3) is 0.250. The molecule has 1 amide bonds. The number of benzene rings is 1. The number of thiazole rings is 1. The van der Waals surface area contributed by atoms with Crippen molar-refractivity contribution < 1.29 is 9.90 Å². The van der Waals surface area contributed by atoms with Crippen molar-refractivity contribution in [1.29, 1.82) is 0 Å². The molecular weight excluding hydrogens is 284 g/mol.